The summed E-state index contributed by atoms with van der Waals surface area (Å²) < 4.78 is 19.6. The normalized spacial score (nSPS) is 10.7. The second-order valence-electron chi connectivity index (χ2n) is 4.22. The minimum absolute atomic E-state index is 0.0338. The van der Waals surface area contributed by atoms with E-state index in [2.05, 4.69) is 4.98 Å². The van der Waals surface area contributed by atoms with Gasteiger partial charge in [0.1, 0.15) is 22.2 Å². The van der Waals surface area contributed by atoms with Crippen LogP contribution in [0.1, 0.15) is 9.67 Å². The predicted octanol–water partition coefficient (Wildman–Crippen LogP) is 3.51. The Balaban J connectivity index is 2.03. The number of aromatic nitrogens is 1. The highest BCUT2D eigenvalue weighted by Crippen LogP contribution is 2.35. The van der Waals surface area contributed by atoms with Gasteiger partial charge in [0, 0.05) is 18.3 Å². The van der Waals surface area contributed by atoms with E-state index in [1.807, 2.05) is 0 Å². The van der Waals surface area contributed by atoms with Crippen molar-refractivity contribution in [3.63, 3.8) is 0 Å². The van der Waals surface area contributed by atoms with Gasteiger partial charge in [-0.1, -0.05) is 0 Å². The molecule has 3 N–H and O–H groups in total. The number of carboxylic acid groups (broad SMARTS) is 1. The van der Waals surface area contributed by atoms with Crippen LogP contribution < -0.4 is 10.5 Å². The Kier molecular flexibility index (Phi) is 3.19. The number of nitrogen functional groups attached to an aromatic ring is 1. The molecule has 21 heavy (non-hydrogen) atoms. The number of thiophene rings is 1. The first kappa shape index (κ1) is 13.3. The molecule has 0 aliphatic carbocycles. The highest BCUT2D eigenvalue weighted by atomic mass is 32.1. The van der Waals surface area contributed by atoms with E-state index in [9.17, 15) is 9.18 Å². The molecule has 0 fully saturated rings. The fraction of sp³-hybridized carbons (Fsp3) is 0. The first-order valence-electron chi connectivity index (χ1n) is 5.89. The monoisotopic (exact) mass is 304 g/mol. The molecule has 0 bridgehead atoms. The minimum Gasteiger partial charge on any atom is -0.477 e. The fourth-order valence-corrected chi connectivity index (χ4v) is 2.70. The number of anilines is 1. The van der Waals surface area contributed by atoms with Crippen LogP contribution in [-0.4, -0.2) is 16.1 Å². The number of pyridine rings is 1. The maximum absolute atomic E-state index is 13.4. The van der Waals surface area contributed by atoms with Gasteiger partial charge >= 0.3 is 5.97 Å². The van der Waals surface area contributed by atoms with Crippen molar-refractivity contribution in [3.05, 3.63) is 47.2 Å². The first-order chi connectivity index (χ1) is 10.0. The third kappa shape index (κ3) is 2.50. The number of rotatable bonds is 3. The zero-order valence-corrected chi connectivity index (χ0v) is 11.4. The molecule has 0 saturated carbocycles. The smallest absolute Gasteiger partial charge is 0.345 e. The number of halogens is 1. The van der Waals surface area contributed by atoms with Gasteiger partial charge in [0.25, 0.3) is 0 Å². The number of benzene rings is 1. The van der Waals surface area contributed by atoms with Crippen LogP contribution in [0.2, 0.25) is 0 Å². The Morgan fingerprint density at radius 3 is 2.86 bits per heavy atom. The molecule has 0 aliphatic rings. The van der Waals surface area contributed by atoms with Gasteiger partial charge in [-0.25, -0.2) is 9.18 Å². The quantitative estimate of drug-likeness (QED) is 0.723. The van der Waals surface area contributed by atoms with Gasteiger partial charge in [0.2, 0.25) is 0 Å². The van der Waals surface area contributed by atoms with Crippen molar-refractivity contribution in [3.8, 4) is 11.5 Å². The number of fused-ring (bicyclic) bond motifs is 1. The largest absolute Gasteiger partial charge is 0.477 e. The summed E-state index contributed by atoms with van der Waals surface area (Å²) in [4.78, 5) is 15.3. The Hall–Kier alpha value is -2.67. The summed E-state index contributed by atoms with van der Waals surface area (Å²) in [5.41, 5.74) is 5.96. The summed E-state index contributed by atoms with van der Waals surface area (Å²) in [6.07, 6.45) is 1.50. The van der Waals surface area contributed by atoms with Gasteiger partial charge < -0.3 is 15.6 Å². The van der Waals surface area contributed by atoms with Crippen molar-refractivity contribution in [2.24, 2.45) is 0 Å². The molecule has 106 valence electrons. The lowest BCUT2D eigenvalue weighted by Gasteiger charge is -2.07. The molecule has 3 rings (SSSR count). The van der Waals surface area contributed by atoms with E-state index in [1.54, 1.807) is 6.07 Å². The summed E-state index contributed by atoms with van der Waals surface area (Å²) in [6, 6.07) is 7.18. The third-order valence-corrected chi connectivity index (χ3v) is 3.91. The van der Waals surface area contributed by atoms with Gasteiger partial charge in [-0.2, -0.15) is 0 Å². The molecule has 0 atom stereocenters. The van der Waals surface area contributed by atoms with Crippen molar-refractivity contribution >= 4 is 33.2 Å². The molecule has 0 unspecified atom stereocenters. The lowest BCUT2D eigenvalue weighted by molar-refractivity contribution is 0.0702. The second-order valence-corrected chi connectivity index (χ2v) is 5.28. The van der Waals surface area contributed by atoms with Crippen molar-refractivity contribution in [2.45, 2.75) is 0 Å². The predicted molar refractivity (Wildman–Crippen MR) is 77.5 cm³/mol. The average Bonchev–Trinajstić information content (AvgIpc) is 2.88. The van der Waals surface area contributed by atoms with Crippen LogP contribution in [0.4, 0.5) is 10.1 Å². The number of hydrogen-bond donors (Lipinski definition) is 2. The number of hydrogen-bond acceptors (Lipinski definition) is 5. The Morgan fingerprint density at radius 1 is 1.33 bits per heavy atom. The molecule has 2 heterocycles. The number of aromatic carboxylic acids is 1. The lowest BCUT2D eigenvalue weighted by atomic mass is 10.3. The Labute approximate surface area is 122 Å². The molecule has 0 radical (unpaired) electrons. The van der Waals surface area contributed by atoms with Crippen LogP contribution in [0.5, 0.6) is 11.5 Å². The summed E-state index contributed by atoms with van der Waals surface area (Å²) in [5.74, 6) is -0.904. The topological polar surface area (TPSA) is 85.4 Å². The Morgan fingerprint density at radius 2 is 2.14 bits per heavy atom. The SMILES string of the molecule is Nc1ccc(Oc2ccnc3cc(C(=O)O)sc23)cc1F. The molecule has 7 heteroatoms. The minimum atomic E-state index is -1.03. The van der Waals surface area contributed by atoms with Crippen LogP contribution in [0.15, 0.2) is 36.5 Å². The molecular formula is C14H9FN2O3S. The third-order valence-electron chi connectivity index (χ3n) is 2.79. The van der Waals surface area contributed by atoms with Crippen LogP contribution in [0.3, 0.4) is 0 Å². The second kappa shape index (κ2) is 5.02. The van der Waals surface area contributed by atoms with E-state index >= 15 is 0 Å². The molecule has 0 spiro atoms. The summed E-state index contributed by atoms with van der Waals surface area (Å²) in [5, 5.41) is 9.01. The number of carboxylic acids is 1. The highest BCUT2D eigenvalue weighted by Gasteiger charge is 2.13. The van der Waals surface area contributed by atoms with E-state index in [0.29, 0.717) is 16.0 Å². The van der Waals surface area contributed by atoms with Gasteiger partial charge in [-0.15, -0.1) is 11.3 Å². The molecular weight excluding hydrogens is 295 g/mol. The first-order valence-corrected chi connectivity index (χ1v) is 6.71. The molecule has 5 nitrogen and oxygen atoms in total. The van der Waals surface area contributed by atoms with Crippen molar-refractivity contribution < 1.29 is 19.0 Å². The molecule has 1 aromatic carbocycles. The molecule has 0 aliphatic heterocycles. The zero-order valence-electron chi connectivity index (χ0n) is 10.5. The summed E-state index contributed by atoms with van der Waals surface area (Å²) >= 11 is 1.05. The summed E-state index contributed by atoms with van der Waals surface area (Å²) in [6.45, 7) is 0. The number of nitrogens with two attached hydrogens (primary N) is 1. The maximum Gasteiger partial charge on any atom is 0.345 e. The maximum atomic E-state index is 13.4. The van der Waals surface area contributed by atoms with Crippen LogP contribution >= 0.6 is 11.3 Å². The van der Waals surface area contributed by atoms with Crippen molar-refractivity contribution in [1.29, 1.82) is 0 Å². The van der Waals surface area contributed by atoms with Gasteiger partial charge in [-0.05, 0) is 18.2 Å². The van der Waals surface area contributed by atoms with Crippen molar-refractivity contribution in [1.82, 2.24) is 4.98 Å². The average molecular weight is 304 g/mol. The van der Waals surface area contributed by atoms with Crippen LogP contribution in [0.25, 0.3) is 10.2 Å². The van der Waals surface area contributed by atoms with Crippen LogP contribution in [-0.2, 0) is 0 Å². The fourth-order valence-electron chi connectivity index (χ4n) is 1.80. The van der Waals surface area contributed by atoms with Crippen LogP contribution in [0, 0.1) is 5.82 Å². The highest BCUT2D eigenvalue weighted by molar-refractivity contribution is 7.21. The van der Waals surface area contributed by atoms with E-state index in [1.165, 1.54) is 30.5 Å². The number of ether oxygens (including phenoxy) is 1. The Bertz CT molecular complexity index is 847. The number of nitrogens with zero attached hydrogens (tertiary/aromatic N) is 1. The lowest BCUT2D eigenvalue weighted by Crippen LogP contribution is -1.91. The standard InChI is InChI=1S/C14H9FN2O3S/c15-8-5-7(1-2-9(8)16)20-11-3-4-17-10-6-12(14(18)19)21-13(10)11/h1-6H,16H2,(H,18,19). The van der Waals surface area contributed by atoms with E-state index in [4.69, 9.17) is 15.6 Å². The summed E-state index contributed by atoms with van der Waals surface area (Å²) in [7, 11) is 0. The van der Waals surface area contributed by atoms with Gasteiger partial charge in [-0.3, -0.25) is 4.98 Å². The number of carbonyl (C=O) groups is 1. The van der Waals surface area contributed by atoms with E-state index in [-0.39, 0.29) is 16.3 Å². The van der Waals surface area contributed by atoms with Gasteiger partial charge in [0.05, 0.1) is 15.9 Å². The van der Waals surface area contributed by atoms with E-state index < -0.39 is 11.8 Å². The van der Waals surface area contributed by atoms with Gasteiger partial charge in [0.15, 0.2) is 0 Å². The molecule has 2 aromatic heterocycles. The molecule has 0 saturated heterocycles. The molecule has 0 amide bonds. The molecule has 3 aromatic rings. The van der Waals surface area contributed by atoms with E-state index in [0.717, 1.165) is 11.3 Å². The van der Waals surface area contributed by atoms with Crippen molar-refractivity contribution in [2.75, 3.05) is 5.73 Å². The zero-order chi connectivity index (χ0) is 15.0.